The van der Waals surface area contributed by atoms with Crippen LogP contribution in [0.3, 0.4) is 0 Å². The van der Waals surface area contributed by atoms with Crippen molar-refractivity contribution < 1.29 is 17.6 Å². The monoisotopic (exact) mass is 362 g/mol. The summed E-state index contributed by atoms with van der Waals surface area (Å²) in [5.74, 6) is 0.593. The van der Waals surface area contributed by atoms with Gasteiger partial charge in [0, 0.05) is 24.1 Å². The van der Waals surface area contributed by atoms with Crippen molar-refractivity contribution in [3.63, 3.8) is 0 Å². The molecule has 1 saturated carbocycles. The molecule has 1 aromatic carbocycles. The summed E-state index contributed by atoms with van der Waals surface area (Å²) in [6, 6.07) is 9.83. The van der Waals surface area contributed by atoms with E-state index in [1.807, 2.05) is 19.1 Å². The molecule has 1 heterocycles. The molecule has 1 aliphatic rings. The summed E-state index contributed by atoms with van der Waals surface area (Å²) in [7, 11) is -3.56. The molecule has 0 spiro atoms. The van der Waals surface area contributed by atoms with Crippen LogP contribution >= 0.6 is 0 Å². The number of benzene rings is 1. The van der Waals surface area contributed by atoms with Gasteiger partial charge < -0.3 is 9.73 Å². The van der Waals surface area contributed by atoms with Crippen molar-refractivity contribution in [1.82, 2.24) is 10.0 Å². The number of hydrogen-bond donors (Lipinski definition) is 2. The lowest BCUT2D eigenvalue weighted by Crippen LogP contribution is -2.33. The lowest BCUT2D eigenvalue weighted by molar-refractivity contribution is 0.0938. The molecule has 2 aromatic rings. The van der Waals surface area contributed by atoms with Gasteiger partial charge in [-0.05, 0) is 56.5 Å². The first-order chi connectivity index (χ1) is 11.9. The van der Waals surface area contributed by atoms with Crippen molar-refractivity contribution in [3.8, 4) is 0 Å². The molecule has 1 atom stereocenters. The lowest BCUT2D eigenvalue weighted by atomic mass is 10.1. The quantitative estimate of drug-likeness (QED) is 0.755. The molecule has 6 nitrogen and oxygen atoms in total. The second-order valence-electron chi connectivity index (χ2n) is 6.42. The maximum atomic E-state index is 12.4. The maximum Gasteiger partial charge on any atom is 0.251 e. The van der Waals surface area contributed by atoms with Crippen molar-refractivity contribution >= 4 is 15.9 Å². The van der Waals surface area contributed by atoms with Crippen molar-refractivity contribution in [2.24, 2.45) is 0 Å². The molecule has 25 heavy (non-hydrogen) atoms. The fourth-order valence-electron chi connectivity index (χ4n) is 2.49. The first-order valence-electron chi connectivity index (χ1n) is 8.40. The summed E-state index contributed by atoms with van der Waals surface area (Å²) in [4.78, 5) is 12.5. The Morgan fingerprint density at radius 2 is 2.08 bits per heavy atom. The van der Waals surface area contributed by atoms with Gasteiger partial charge in [-0.15, -0.1) is 0 Å². The van der Waals surface area contributed by atoms with E-state index in [9.17, 15) is 13.2 Å². The van der Waals surface area contributed by atoms with Crippen molar-refractivity contribution in [2.75, 3.05) is 0 Å². The van der Waals surface area contributed by atoms with Gasteiger partial charge in [0.1, 0.15) is 5.76 Å². The molecule has 1 amide bonds. The minimum atomic E-state index is -3.56. The molecule has 1 aromatic heterocycles. The van der Waals surface area contributed by atoms with E-state index in [-0.39, 0.29) is 22.9 Å². The highest BCUT2D eigenvalue weighted by molar-refractivity contribution is 7.89. The number of aryl methyl sites for hydroxylation is 1. The zero-order valence-electron chi connectivity index (χ0n) is 14.1. The van der Waals surface area contributed by atoms with Crippen LogP contribution < -0.4 is 10.0 Å². The van der Waals surface area contributed by atoms with Gasteiger partial charge in [0.05, 0.1) is 11.2 Å². The smallest absolute Gasteiger partial charge is 0.251 e. The van der Waals surface area contributed by atoms with Crippen LogP contribution in [0.4, 0.5) is 0 Å². The van der Waals surface area contributed by atoms with E-state index in [2.05, 4.69) is 10.0 Å². The average Bonchev–Trinajstić information content (AvgIpc) is 3.23. The Balaban J connectivity index is 1.60. The first kappa shape index (κ1) is 17.7. The third kappa shape index (κ3) is 4.93. The summed E-state index contributed by atoms with van der Waals surface area (Å²) in [6.07, 6.45) is 4.83. The predicted molar refractivity (Wildman–Crippen MR) is 93.7 cm³/mol. The molecule has 7 heteroatoms. The summed E-state index contributed by atoms with van der Waals surface area (Å²) in [6.45, 7) is 1.91. The van der Waals surface area contributed by atoms with E-state index in [0.29, 0.717) is 5.56 Å². The summed E-state index contributed by atoms with van der Waals surface area (Å²) >= 11 is 0. The van der Waals surface area contributed by atoms with E-state index in [1.54, 1.807) is 18.4 Å². The number of carbonyl (C=O) groups is 1. The second kappa shape index (κ2) is 7.41. The molecule has 0 saturated heterocycles. The largest absolute Gasteiger partial charge is 0.469 e. The summed E-state index contributed by atoms with van der Waals surface area (Å²) in [5, 5.41) is 2.89. The number of furan rings is 1. The van der Waals surface area contributed by atoms with Crippen LogP contribution in [0.5, 0.6) is 0 Å². The maximum absolute atomic E-state index is 12.4. The number of sulfonamides is 1. The molecule has 0 unspecified atom stereocenters. The van der Waals surface area contributed by atoms with Crippen LogP contribution in [-0.4, -0.2) is 26.4 Å². The van der Waals surface area contributed by atoms with Crippen LogP contribution in [0, 0.1) is 0 Å². The van der Waals surface area contributed by atoms with Gasteiger partial charge in [0.25, 0.3) is 5.91 Å². The van der Waals surface area contributed by atoms with Gasteiger partial charge in [-0.25, -0.2) is 13.1 Å². The van der Waals surface area contributed by atoms with Crippen molar-refractivity contribution in [3.05, 3.63) is 54.0 Å². The van der Waals surface area contributed by atoms with Gasteiger partial charge in [0.2, 0.25) is 10.0 Å². The third-order valence-electron chi connectivity index (χ3n) is 4.09. The normalized spacial score (nSPS) is 15.7. The Morgan fingerprint density at radius 1 is 1.28 bits per heavy atom. The molecule has 0 bridgehead atoms. The lowest BCUT2D eigenvalue weighted by Gasteiger charge is -2.14. The molecular weight excluding hydrogens is 340 g/mol. The fraction of sp³-hybridized carbons (Fsp3) is 0.389. The molecule has 1 fully saturated rings. The molecule has 134 valence electrons. The number of hydrogen-bond acceptors (Lipinski definition) is 4. The topological polar surface area (TPSA) is 88.4 Å². The minimum absolute atomic E-state index is 0.0316. The van der Waals surface area contributed by atoms with Gasteiger partial charge >= 0.3 is 0 Å². The Morgan fingerprint density at radius 3 is 2.76 bits per heavy atom. The van der Waals surface area contributed by atoms with E-state index >= 15 is 0 Å². The van der Waals surface area contributed by atoms with Gasteiger partial charge in [-0.2, -0.15) is 0 Å². The summed E-state index contributed by atoms with van der Waals surface area (Å²) in [5.41, 5.74) is 0.337. The van der Waals surface area contributed by atoms with Crippen LogP contribution in [0.2, 0.25) is 0 Å². The highest BCUT2D eigenvalue weighted by Gasteiger charge is 2.28. The van der Waals surface area contributed by atoms with Gasteiger partial charge in [-0.3, -0.25) is 4.79 Å². The second-order valence-corrected chi connectivity index (χ2v) is 8.13. The zero-order chi connectivity index (χ0) is 17.9. The standard InChI is InChI=1S/C18H22N2O4S/c1-13(7-10-16-5-3-11-24-16)19-18(21)14-4-2-6-17(12-14)25(22,23)20-15-8-9-15/h2-6,11-13,15,20H,7-10H2,1H3,(H,19,21)/t13-/m1/s1. The Hall–Kier alpha value is -2.12. The van der Waals surface area contributed by atoms with Gasteiger partial charge in [-0.1, -0.05) is 6.07 Å². The van der Waals surface area contributed by atoms with Gasteiger partial charge in [0.15, 0.2) is 0 Å². The molecular formula is C18H22N2O4S. The zero-order valence-corrected chi connectivity index (χ0v) is 14.9. The van der Waals surface area contributed by atoms with Crippen LogP contribution in [0.1, 0.15) is 42.3 Å². The first-order valence-corrected chi connectivity index (χ1v) is 9.88. The molecule has 2 N–H and O–H groups in total. The molecule has 0 aliphatic heterocycles. The number of nitrogens with one attached hydrogen (secondary N) is 2. The Kier molecular flexibility index (Phi) is 5.24. The number of carbonyl (C=O) groups excluding carboxylic acids is 1. The Labute approximate surface area is 147 Å². The van der Waals surface area contributed by atoms with E-state index < -0.39 is 10.0 Å². The summed E-state index contributed by atoms with van der Waals surface area (Å²) < 4.78 is 32.4. The molecule has 3 rings (SSSR count). The number of rotatable bonds is 8. The van der Waals surface area contributed by atoms with Crippen LogP contribution in [0.25, 0.3) is 0 Å². The highest BCUT2D eigenvalue weighted by Crippen LogP contribution is 2.22. The van der Waals surface area contributed by atoms with E-state index in [4.69, 9.17) is 4.42 Å². The van der Waals surface area contributed by atoms with E-state index in [0.717, 1.165) is 31.4 Å². The highest BCUT2D eigenvalue weighted by atomic mass is 32.2. The molecule has 1 aliphatic carbocycles. The number of amides is 1. The predicted octanol–water partition coefficient (Wildman–Crippen LogP) is 2.47. The van der Waals surface area contributed by atoms with Crippen LogP contribution in [-0.2, 0) is 16.4 Å². The van der Waals surface area contributed by atoms with Crippen molar-refractivity contribution in [1.29, 1.82) is 0 Å². The SMILES string of the molecule is C[C@H](CCc1ccco1)NC(=O)c1cccc(S(=O)(=O)NC2CC2)c1. The third-order valence-corrected chi connectivity index (χ3v) is 5.61. The fourth-order valence-corrected chi connectivity index (χ4v) is 3.84. The molecule has 0 radical (unpaired) electrons. The van der Waals surface area contributed by atoms with Crippen LogP contribution in [0.15, 0.2) is 52.0 Å². The van der Waals surface area contributed by atoms with Crippen molar-refractivity contribution in [2.45, 2.75) is 49.6 Å². The average molecular weight is 362 g/mol. The Bertz CT molecular complexity index is 827. The minimum Gasteiger partial charge on any atom is -0.469 e. The van der Waals surface area contributed by atoms with E-state index in [1.165, 1.54) is 12.1 Å².